The summed E-state index contributed by atoms with van der Waals surface area (Å²) in [5.41, 5.74) is 0.771. The summed E-state index contributed by atoms with van der Waals surface area (Å²) in [5.74, 6) is 1.99. The molecule has 0 saturated heterocycles. The number of ether oxygens (including phenoxy) is 2. The van der Waals surface area contributed by atoms with Crippen molar-refractivity contribution in [2.75, 3.05) is 20.0 Å². The second kappa shape index (κ2) is 5.88. The molecular formula is C11H16O3S. The molecule has 0 aliphatic rings. The summed E-state index contributed by atoms with van der Waals surface area (Å²) in [5, 5.41) is 9.83. The molecule has 0 radical (unpaired) electrons. The number of rotatable bonds is 5. The summed E-state index contributed by atoms with van der Waals surface area (Å²) in [4.78, 5) is 0. The Labute approximate surface area is 95.4 Å². The summed E-state index contributed by atoms with van der Waals surface area (Å²) in [6.45, 7) is 0. The molecule has 0 fully saturated rings. The largest absolute Gasteiger partial charge is 0.497 e. The van der Waals surface area contributed by atoms with E-state index in [2.05, 4.69) is 12.6 Å². The fourth-order valence-electron chi connectivity index (χ4n) is 1.37. The maximum absolute atomic E-state index is 9.83. The summed E-state index contributed by atoms with van der Waals surface area (Å²) >= 11 is 4.09. The molecule has 84 valence electrons. The zero-order valence-corrected chi connectivity index (χ0v) is 9.83. The van der Waals surface area contributed by atoms with Gasteiger partial charge in [-0.05, 0) is 24.3 Å². The molecule has 1 aromatic carbocycles. The van der Waals surface area contributed by atoms with E-state index in [0.717, 1.165) is 5.56 Å². The van der Waals surface area contributed by atoms with E-state index in [9.17, 15) is 5.11 Å². The molecule has 1 atom stereocenters. The van der Waals surface area contributed by atoms with Gasteiger partial charge < -0.3 is 14.6 Å². The lowest BCUT2D eigenvalue weighted by molar-refractivity contribution is 0.170. The average Bonchev–Trinajstić information content (AvgIpc) is 2.28. The third kappa shape index (κ3) is 3.04. The first-order valence-corrected chi connectivity index (χ1v) is 5.37. The number of hydrogen-bond acceptors (Lipinski definition) is 4. The molecule has 1 aromatic rings. The predicted octanol–water partition coefficient (Wildman–Crippen LogP) is 2.06. The number of aliphatic hydroxyl groups is 1. The Hall–Kier alpha value is -0.870. The monoisotopic (exact) mass is 228 g/mol. The van der Waals surface area contributed by atoms with Crippen LogP contribution in [0.2, 0.25) is 0 Å². The molecule has 1 N–H and O–H groups in total. The Bertz CT molecular complexity index is 315. The van der Waals surface area contributed by atoms with E-state index < -0.39 is 6.10 Å². The second-order valence-electron chi connectivity index (χ2n) is 3.14. The quantitative estimate of drug-likeness (QED) is 0.758. The van der Waals surface area contributed by atoms with E-state index in [0.29, 0.717) is 23.7 Å². The zero-order valence-electron chi connectivity index (χ0n) is 8.93. The number of hydrogen-bond donors (Lipinski definition) is 2. The highest BCUT2D eigenvalue weighted by atomic mass is 32.1. The summed E-state index contributed by atoms with van der Waals surface area (Å²) in [7, 11) is 3.17. The standard InChI is InChI=1S/C11H16O3S/c1-13-8-3-4-9(10(12)5-6-15)11(7-8)14-2/h3-4,7,10,12,15H,5-6H2,1-2H3. The van der Waals surface area contributed by atoms with E-state index in [4.69, 9.17) is 9.47 Å². The smallest absolute Gasteiger partial charge is 0.128 e. The Balaban J connectivity index is 2.96. The van der Waals surface area contributed by atoms with Crippen molar-refractivity contribution in [1.82, 2.24) is 0 Å². The molecule has 0 aliphatic heterocycles. The number of methoxy groups -OCH3 is 2. The van der Waals surface area contributed by atoms with Crippen molar-refractivity contribution in [3.63, 3.8) is 0 Å². The highest BCUT2D eigenvalue weighted by Gasteiger charge is 2.13. The van der Waals surface area contributed by atoms with Crippen molar-refractivity contribution in [3.8, 4) is 11.5 Å². The van der Waals surface area contributed by atoms with Crippen LogP contribution in [-0.4, -0.2) is 25.1 Å². The lowest BCUT2D eigenvalue weighted by atomic mass is 10.1. The van der Waals surface area contributed by atoms with Gasteiger partial charge in [-0.25, -0.2) is 0 Å². The predicted molar refractivity (Wildman–Crippen MR) is 63.0 cm³/mol. The topological polar surface area (TPSA) is 38.7 Å². The van der Waals surface area contributed by atoms with Crippen LogP contribution in [0.3, 0.4) is 0 Å². The van der Waals surface area contributed by atoms with Gasteiger partial charge in [0, 0.05) is 11.6 Å². The molecule has 15 heavy (non-hydrogen) atoms. The van der Waals surface area contributed by atoms with Crippen LogP contribution in [-0.2, 0) is 0 Å². The molecule has 0 amide bonds. The highest BCUT2D eigenvalue weighted by Crippen LogP contribution is 2.30. The lowest BCUT2D eigenvalue weighted by Gasteiger charge is -2.14. The van der Waals surface area contributed by atoms with Gasteiger partial charge in [-0.1, -0.05) is 0 Å². The van der Waals surface area contributed by atoms with Gasteiger partial charge in [0.15, 0.2) is 0 Å². The van der Waals surface area contributed by atoms with Gasteiger partial charge in [-0.3, -0.25) is 0 Å². The number of benzene rings is 1. The van der Waals surface area contributed by atoms with Crippen LogP contribution in [0.25, 0.3) is 0 Å². The third-order valence-corrected chi connectivity index (χ3v) is 2.46. The van der Waals surface area contributed by atoms with Crippen LogP contribution >= 0.6 is 12.6 Å². The van der Waals surface area contributed by atoms with Crippen LogP contribution in [0, 0.1) is 0 Å². The van der Waals surface area contributed by atoms with E-state index in [1.807, 2.05) is 6.07 Å². The highest BCUT2D eigenvalue weighted by molar-refractivity contribution is 7.80. The number of thiol groups is 1. The summed E-state index contributed by atoms with van der Waals surface area (Å²) in [6.07, 6.45) is 0.0644. The molecule has 4 heteroatoms. The molecule has 0 heterocycles. The normalized spacial score (nSPS) is 12.3. The first-order valence-electron chi connectivity index (χ1n) is 4.73. The van der Waals surface area contributed by atoms with Gasteiger partial charge in [-0.2, -0.15) is 12.6 Å². The van der Waals surface area contributed by atoms with Crippen molar-refractivity contribution in [1.29, 1.82) is 0 Å². The minimum Gasteiger partial charge on any atom is -0.497 e. The first-order chi connectivity index (χ1) is 7.22. The van der Waals surface area contributed by atoms with E-state index >= 15 is 0 Å². The van der Waals surface area contributed by atoms with Gasteiger partial charge in [0.05, 0.1) is 20.3 Å². The van der Waals surface area contributed by atoms with Crippen LogP contribution in [0.5, 0.6) is 11.5 Å². The molecule has 0 spiro atoms. The SMILES string of the molecule is COc1ccc(C(O)CCS)c(OC)c1. The van der Waals surface area contributed by atoms with Gasteiger partial charge in [-0.15, -0.1) is 0 Å². The van der Waals surface area contributed by atoms with Gasteiger partial charge in [0.1, 0.15) is 11.5 Å². The molecule has 0 aliphatic carbocycles. The third-order valence-electron chi connectivity index (χ3n) is 2.20. The van der Waals surface area contributed by atoms with Crippen LogP contribution in [0.15, 0.2) is 18.2 Å². The van der Waals surface area contributed by atoms with Crippen molar-refractivity contribution in [3.05, 3.63) is 23.8 Å². The molecule has 0 bridgehead atoms. The maximum atomic E-state index is 9.83. The minimum absolute atomic E-state index is 0.539. The van der Waals surface area contributed by atoms with Crippen molar-refractivity contribution >= 4 is 12.6 Å². The maximum Gasteiger partial charge on any atom is 0.128 e. The Kier molecular flexibility index (Phi) is 4.78. The average molecular weight is 228 g/mol. The molecule has 3 nitrogen and oxygen atoms in total. The van der Waals surface area contributed by atoms with E-state index in [1.54, 1.807) is 26.4 Å². The molecule has 1 rings (SSSR count). The Morgan fingerprint density at radius 2 is 2.07 bits per heavy atom. The Morgan fingerprint density at radius 1 is 1.33 bits per heavy atom. The second-order valence-corrected chi connectivity index (χ2v) is 3.58. The zero-order chi connectivity index (χ0) is 11.3. The van der Waals surface area contributed by atoms with Crippen LogP contribution in [0.4, 0.5) is 0 Å². The van der Waals surface area contributed by atoms with Gasteiger partial charge in [0.2, 0.25) is 0 Å². The lowest BCUT2D eigenvalue weighted by Crippen LogP contribution is -2.01. The molecule has 0 saturated carbocycles. The van der Waals surface area contributed by atoms with Crippen molar-refractivity contribution in [2.45, 2.75) is 12.5 Å². The first kappa shape index (κ1) is 12.2. The fourth-order valence-corrected chi connectivity index (χ4v) is 1.62. The van der Waals surface area contributed by atoms with Gasteiger partial charge >= 0.3 is 0 Å². The molecular weight excluding hydrogens is 212 g/mol. The van der Waals surface area contributed by atoms with Crippen molar-refractivity contribution in [2.24, 2.45) is 0 Å². The molecule has 0 aromatic heterocycles. The fraction of sp³-hybridized carbons (Fsp3) is 0.455. The van der Waals surface area contributed by atoms with E-state index in [-0.39, 0.29) is 0 Å². The Morgan fingerprint density at radius 3 is 2.60 bits per heavy atom. The van der Waals surface area contributed by atoms with Gasteiger partial charge in [0.25, 0.3) is 0 Å². The molecule has 1 unspecified atom stereocenters. The summed E-state index contributed by atoms with van der Waals surface area (Å²) in [6, 6.07) is 5.38. The summed E-state index contributed by atoms with van der Waals surface area (Å²) < 4.78 is 10.3. The van der Waals surface area contributed by atoms with Crippen LogP contribution in [0.1, 0.15) is 18.1 Å². The van der Waals surface area contributed by atoms with Crippen LogP contribution < -0.4 is 9.47 Å². The van der Waals surface area contributed by atoms with E-state index in [1.165, 1.54) is 0 Å². The minimum atomic E-state index is -0.539. The number of aliphatic hydroxyl groups excluding tert-OH is 1. The van der Waals surface area contributed by atoms with Crippen molar-refractivity contribution < 1.29 is 14.6 Å².